The summed E-state index contributed by atoms with van der Waals surface area (Å²) in [6.45, 7) is 2.33. The van der Waals surface area contributed by atoms with Crippen LogP contribution in [0.3, 0.4) is 0 Å². The van der Waals surface area contributed by atoms with Gasteiger partial charge in [-0.05, 0) is 16.7 Å². The van der Waals surface area contributed by atoms with Crippen molar-refractivity contribution in [1.29, 1.82) is 0 Å². The number of ether oxygens (including phenoxy) is 5. The zero-order valence-corrected chi connectivity index (χ0v) is 22.3. The SMILES string of the molecule is C#C[C@H](NC(C)=O)[C@H]1O[C@H](OC)[C@H](OCc2ccccc2)[C@@H](OCc2ccccc2)[C@@H]1OCc1ccccc1. The fraction of sp³-hybridized carbons (Fsp3) is 0.344. The van der Waals surface area contributed by atoms with Gasteiger partial charge in [-0.15, -0.1) is 6.42 Å². The Morgan fingerprint density at radius 2 is 1.23 bits per heavy atom. The fourth-order valence-electron chi connectivity index (χ4n) is 4.59. The topological polar surface area (TPSA) is 75.3 Å². The van der Waals surface area contributed by atoms with Gasteiger partial charge in [0, 0.05) is 14.0 Å². The van der Waals surface area contributed by atoms with Crippen LogP contribution in [0.1, 0.15) is 23.6 Å². The van der Waals surface area contributed by atoms with Gasteiger partial charge in [0.05, 0.1) is 19.8 Å². The van der Waals surface area contributed by atoms with E-state index in [-0.39, 0.29) is 12.5 Å². The molecule has 0 spiro atoms. The molecule has 1 fully saturated rings. The minimum absolute atomic E-state index is 0.276. The molecule has 0 unspecified atom stereocenters. The van der Waals surface area contributed by atoms with Gasteiger partial charge in [-0.2, -0.15) is 0 Å². The maximum Gasteiger partial charge on any atom is 0.217 e. The Balaban J connectivity index is 1.67. The predicted molar refractivity (Wildman–Crippen MR) is 147 cm³/mol. The Labute approximate surface area is 230 Å². The van der Waals surface area contributed by atoms with Crippen molar-refractivity contribution in [1.82, 2.24) is 5.32 Å². The maximum absolute atomic E-state index is 12.0. The number of hydrogen-bond acceptors (Lipinski definition) is 6. The molecule has 3 aromatic carbocycles. The van der Waals surface area contributed by atoms with Crippen molar-refractivity contribution in [2.45, 2.75) is 63.5 Å². The van der Waals surface area contributed by atoms with Crippen LogP contribution in [0, 0.1) is 12.3 Å². The molecule has 7 nitrogen and oxygen atoms in total. The summed E-state index contributed by atoms with van der Waals surface area (Å²) in [5.41, 5.74) is 2.97. The van der Waals surface area contributed by atoms with Crippen LogP contribution in [0.5, 0.6) is 0 Å². The summed E-state index contributed by atoms with van der Waals surface area (Å²) >= 11 is 0. The van der Waals surface area contributed by atoms with Crippen molar-refractivity contribution in [3.8, 4) is 12.3 Å². The van der Waals surface area contributed by atoms with Gasteiger partial charge in [0.25, 0.3) is 0 Å². The van der Waals surface area contributed by atoms with Gasteiger partial charge in [-0.25, -0.2) is 0 Å². The highest BCUT2D eigenvalue weighted by molar-refractivity contribution is 5.73. The van der Waals surface area contributed by atoms with E-state index >= 15 is 0 Å². The van der Waals surface area contributed by atoms with E-state index in [0.717, 1.165) is 16.7 Å². The second-order valence-corrected chi connectivity index (χ2v) is 9.33. The Bertz CT molecular complexity index is 1180. The molecule has 39 heavy (non-hydrogen) atoms. The molecule has 204 valence electrons. The van der Waals surface area contributed by atoms with Crippen LogP contribution in [0.15, 0.2) is 91.0 Å². The summed E-state index contributed by atoms with van der Waals surface area (Å²) < 4.78 is 31.6. The summed E-state index contributed by atoms with van der Waals surface area (Å²) in [7, 11) is 1.54. The van der Waals surface area contributed by atoms with Crippen molar-refractivity contribution >= 4 is 5.91 Å². The second kappa shape index (κ2) is 14.6. The molecule has 1 aliphatic rings. The Morgan fingerprint density at radius 1 is 0.795 bits per heavy atom. The standard InChI is InChI=1S/C32H35NO6/c1-4-27(33-23(2)34)28-29(36-20-24-14-8-5-9-15-24)30(37-21-25-16-10-6-11-17-25)31(32(35-3)39-28)38-22-26-18-12-7-13-19-26/h1,5-19,27-32H,20-22H2,2-3H3,(H,33,34)/t27-,28+,29+,30-,31+,32-/m0/s1. The minimum Gasteiger partial charge on any atom is -0.368 e. The smallest absolute Gasteiger partial charge is 0.217 e. The number of carbonyl (C=O) groups is 1. The number of rotatable bonds is 12. The van der Waals surface area contributed by atoms with Crippen LogP contribution in [0.25, 0.3) is 0 Å². The summed E-state index contributed by atoms with van der Waals surface area (Å²) in [5, 5.41) is 2.81. The first-order valence-electron chi connectivity index (χ1n) is 13.0. The highest BCUT2D eigenvalue weighted by Crippen LogP contribution is 2.32. The van der Waals surface area contributed by atoms with E-state index in [1.807, 2.05) is 91.0 Å². The summed E-state index contributed by atoms with van der Waals surface area (Å²) in [6.07, 6.45) is 2.33. The number of amides is 1. The van der Waals surface area contributed by atoms with E-state index in [0.29, 0.717) is 13.2 Å². The highest BCUT2D eigenvalue weighted by Gasteiger charge is 2.51. The number of carbonyl (C=O) groups excluding carboxylic acids is 1. The zero-order valence-electron chi connectivity index (χ0n) is 22.3. The second-order valence-electron chi connectivity index (χ2n) is 9.33. The molecule has 1 saturated heterocycles. The first-order valence-corrected chi connectivity index (χ1v) is 13.0. The third kappa shape index (κ3) is 7.99. The molecule has 3 aromatic rings. The molecule has 4 rings (SSSR count). The number of benzene rings is 3. The Hall–Kier alpha value is -3.51. The molecule has 0 saturated carbocycles. The monoisotopic (exact) mass is 529 g/mol. The lowest BCUT2D eigenvalue weighted by Gasteiger charge is -2.47. The van der Waals surface area contributed by atoms with Gasteiger partial charge in [0.1, 0.15) is 30.5 Å². The average molecular weight is 530 g/mol. The molecular weight excluding hydrogens is 494 g/mol. The molecule has 0 aromatic heterocycles. The molecule has 6 atom stereocenters. The summed E-state index contributed by atoms with van der Waals surface area (Å²) in [5.74, 6) is 2.38. The molecule has 1 heterocycles. The lowest BCUT2D eigenvalue weighted by Crippen LogP contribution is -2.65. The number of hydrogen-bond donors (Lipinski definition) is 1. The Morgan fingerprint density at radius 3 is 1.64 bits per heavy atom. The van der Waals surface area contributed by atoms with Crippen LogP contribution < -0.4 is 5.32 Å². The first kappa shape index (κ1) is 28.5. The van der Waals surface area contributed by atoms with Crippen molar-refractivity contribution < 1.29 is 28.5 Å². The third-order valence-electron chi connectivity index (χ3n) is 6.49. The first-order chi connectivity index (χ1) is 19.1. The van der Waals surface area contributed by atoms with E-state index in [4.69, 9.17) is 30.1 Å². The predicted octanol–water partition coefficient (Wildman–Crippen LogP) is 4.25. The van der Waals surface area contributed by atoms with Gasteiger partial charge < -0.3 is 29.0 Å². The third-order valence-corrected chi connectivity index (χ3v) is 6.49. The quantitative estimate of drug-likeness (QED) is 0.354. The van der Waals surface area contributed by atoms with Gasteiger partial charge in [0.15, 0.2) is 6.29 Å². The molecule has 1 aliphatic heterocycles. The van der Waals surface area contributed by atoms with E-state index in [2.05, 4.69) is 11.2 Å². The van der Waals surface area contributed by atoms with Crippen molar-refractivity contribution in [2.24, 2.45) is 0 Å². The maximum atomic E-state index is 12.0. The molecule has 0 bridgehead atoms. The normalized spacial score (nSPS) is 23.5. The number of methoxy groups -OCH3 is 1. The largest absolute Gasteiger partial charge is 0.368 e. The average Bonchev–Trinajstić information content (AvgIpc) is 2.98. The number of terminal acetylenes is 1. The van der Waals surface area contributed by atoms with Crippen LogP contribution in [0.4, 0.5) is 0 Å². The van der Waals surface area contributed by atoms with Crippen molar-refractivity contribution in [3.63, 3.8) is 0 Å². The lowest BCUT2D eigenvalue weighted by atomic mass is 9.93. The van der Waals surface area contributed by atoms with Gasteiger partial charge in [-0.1, -0.05) is 96.9 Å². The highest BCUT2D eigenvalue weighted by atomic mass is 16.7. The fourth-order valence-corrected chi connectivity index (χ4v) is 4.59. The van der Waals surface area contributed by atoms with Gasteiger partial charge in [0.2, 0.25) is 5.91 Å². The van der Waals surface area contributed by atoms with Crippen molar-refractivity contribution in [3.05, 3.63) is 108 Å². The minimum atomic E-state index is -0.819. The van der Waals surface area contributed by atoms with E-state index in [1.165, 1.54) is 6.92 Å². The van der Waals surface area contributed by atoms with E-state index in [1.54, 1.807) is 7.11 Å². The van der Waals surface area contributed by atoms with E-state index in [9.17, 15) is 4.79 Å². The van der Waals surface area contributed by atoms with Gasteiger partial charge in [-0.3, -0.25) is 4.79 Å². The summed E-state index contributed by atoms with van der Waals surface area (Å²) in [6, 6.07) is 28.7. The molecule has 7 heteroatoms. The van der Waals surface area contributed by atoms with Crippen LogP contribution in [-0.4, -0.2) is 49.8 Å². The molecule has 1 N–H and O–H groups in total. The van der Waals surface area contributed by atoms with Gasteiger partial charge >= 0.3 is 0 Å². The number of nitrogens with one attached hydrogen (secondary N) is 1. The Kier molecular flexibility index (Phi) is 10.7. The zero-order chi connectivity index (χ0) is 27.5. The molecular formula is C32H35NO6. The molecule has 1 amide bonds. The molecule has 0 radical (unpaired) electrons. The van der Waals surface area contributed by atoms with Crippen LogP contribution in [-0.2, 0) is 48.3 Å². The van der Waals surface area contributed by atoms with Crippen molar-refractivity contribution in [2.75, 3.05) is 7.11 Å². The molecule has 0 aliphatic carbocycles. The summed E-state index contributed by atoms with van der Waals surface area (Å²) in [4.78, 5) is 12.0. The van der Waals surface area contributed by atoms with E-state index < -0.39 is 36.7 Å². The lowest BCUT2D eigenvalue weighted by molar-refractivity contribution is -0.319. The van der Waals surface area contributed by atoms with Crippen LogP contribution in [0.2, 0.25) is 0 Å². The van der Waals surface area contributed by atoms with Crippen LogP contribution >= 0.6 is 0 Å².